The van der Waals surface area contributed by atoms with Crippen LogP contribution in [0, 0.1) is 11.7 Å². The summed E-state index contributed by atoms with van der Waals surface area (Å²) in [5.41, 5.74) is 3.31. The molecular formula is C25H26ClFN2O3. The first-order valence-corrected chi connectivity index (χ1v) is 10.6. The fourth-order valence-corrected chi connectivity index (χ4v) is 3.10. The number of amides is 1. The topological polar surface area (TPSA) is 59.6 Å². The van der Waals surface area contributed by atoms with Crippen LogP contribution in [-0.2, 0) is 17.9 Å². The largest absolute Gasteiger partial charge is 0.493 e. The van der Waals surface area contributed by atoms with Gasteiger partial charge in [0.25, 0.3) is 0 Å². The molecule has 0 spiro atoms. The average molecular weight is 457 g/mol. The van der Waals surface area contributed by atoms with Gasteiger partial charge >= 0.3 is 0 Å². The van der Waals surface area contributed by atoms with Gasteiger partial charge in [0, 0.05) is 34.9 Å². The molecule has 0 saturated carbocycles. The number of anilines is 2. The number of carbonyl (C=O) groups excluding carboxylic acids is 1. The molecule has 0 radical (unpaired) electrons. The summed E-state index contributed by atoms with van der Waals surface area (Å²) in [5.74, 6) is 0.677. The predicted molar refractivity (Wildman–Crippen MR) is 126 cm³/mol. The molecule has 2 N–H and O–H groups in total. The number of benzene rings is 3. The van der Waals surface area contributed by atoms with Crippen LogP contribution in [0.4, 0.5) is 15.8 Å². The van der Waals surface area contributed by atoms with E-state index in [2.05, 4.69) is 10.6 Å². The van der Waals surface area contributed by atoms with E-state index >= 15 is 0 Å². The Kier molecular flexibility index (Phi) is 7.95. The van der Waals surface area contributed by atoms with Crippen molar-refractivity contribution < 1.29 is 18.7 Å². The summed E-state index contributed by atoms with van der Waals surface area (Å²) in [5, 5.41) is 6.71. The fraction of sp³-hybridized carbons (Fsp3) is 0.240. The molecule has 0 bridgehead atoms. The Bertz CT molecular complexity index is 1050. The number of nitrogens with one attached hydrogen (secondary N) is 2. The second-order valence-corrected chi connectivity index (χ2v) is 7.99. The normalized spacial score (nSPS) is 10.7. The zero-order valence-electron chi connectivity index (χ0n) is 18.2. The SMILES string of the molecule is COc1cc(CNc2ccc(NC(=O)C(C)C)cc2)c(Cl)cc1OCc1ccc(F)cc1. The lowest BCUT2D eigenvalue weighted by Crippen LogP contribution is -2.17. The van der Waals surface area contributed by atoms with E-state index in [4.69, 9.17) is 21.1 Å². The molecule has 5 nitrogen and oxygen atoms in total. The minimum absolute atomic E-state index is 0.0219. The number of halogens is 2. The third-order valence-electron chi connectivity index (χ3n) is 4.80. The van der Waals surface area contributed by atoms with Gasteiger partial charge in [-0.2, -0.15) is 0 Å². The Morgan fingerprint density at radius 3 is 2.28 bits per heavy atom. The molecular weight excluding hydrogens is 431 g/mol. The van der Waals surface area contributed by atoms with Gasteiger partial charge in [-0.1, -0.05) is 37.6 Å². The summed E-state index contributed by atoms with van der Waals surface area (Å²) < 4.78 is 24.3. The molecule has 168 valence electrons. The number of hydrogen-bond donors (Lipinski definition) is 2. The first kappa shape index (κ1) is 23.4. The Labute approximate surface area is 192 Å². The van der Waals surface area contributed by atoms with Gasteiger partial charge < -0.3 is 20.1 Å². The number of rotatable bonds is 9. The number of ether oxygens (including phenoxy) is 2. The first-order valence-electron chi connectivity index (χ1n) is 10.2. The van der Waals surface area contributed by atoms with Gasteiger partial charge in [0.2, 0.25) is 5.91 Å². The summed E-state index contributed by atoms with van der Waals surface area (Å²) in [6, 6.07) is 17.1. The van der Waals surface area contributed by atoms with Crippen LogP contribution >= 0.6 is 11.6 Å². The first-order chi connectivity index (χ1) is 15.4. The highest BCUT2D eigenvalue weighted by Crippen LogP contribution is 2.34. The zero-order valence-corrected chi connectivity index (χ0v) is 19.0. The van der Waals surface area contributed by atoms with Gasteiger partial charge in [-0.3, -0.25) is 4.79 Å². The highest BCUT2D eigenvalue weighted by Gasteiger charge is 2.12. The van der Waals surface area contributed by atoms with Crippen LogP contribution in [0.25, 0.3) is 0 Å². The molecule has 0 aliphatic carbocycles. The summed E-state index contributed by atoms with van der Waals surface area (Å²) >= 11 is 6.47. The molecule has 0 saturated heterocycles. The molecule has 3 aromatic rings. The smallest absolute Gasteiger partial charge is 0.226 e. The van der Waals surface area contributed by atoms with Crippen molar-refractivity contribution in [2.45, 2.75) is 27.0 Å². The molecule has 0 aliphatic heterocycles. The van der Waals surface area contributed by atoms with Crippen molar-refractivity contribution in [3.63, 3.8) is 0 Å². The maximum absolute atomic E-state index is 13.1. The van der Waals surface area contributed by atoms with E-state index in [0.717, 1.165) is 22.5 Å². The minimum atomic E-state index is -0.291. The predicted octanol–water partition coefficient (Wildman–Crippen LogP) is 6.27. The lowest BCUT2D eigenvalue weighted by molar-refractivity contribution is -0.118. The van der Waals surface area contributed by atoms with E-state index in [1.165, 1.54) is 12.1 Å². The summed E-state index contributed by atoms with van der Waals surface area (Å²) in [4.78, 5) is 11.8. The van der Waals surface area contributed by atoms with Crippen LogP contribution in [0.3, 0.4) is 0 Å². The third-order valence-corrected chi connectivity index (χ3v) is 5.15. The van der Waals surface area contributed by atoms with Crippen LogP contribution < -0.4 is 20.1 Å². The van der Waals surface area contributed by atoms with Crippen molar-refractivity contribution in [1.82, 2.24) is 0 Å². The van der Waals surface area contributed by atoms with Crippen molar-refractivity contribution in [2.24, 2.45) is 5.92 Å². The number of methoxy groups -OCH3 is 1. The maximum Gasteiger partial charge on any atom is 0.226 e. The minimum Gasteiger partial charge on any atom is -0.493 e. The summed E-state index contributed by atoms with van der Waals surface area (Å²) in [6.07, 6.45) is 0. The molecule has 0 heterocycles. The third kappa shape index (κ3) is 6.37. The number of hydrogen-bond acceptors (Lipinski definition) is 4. The second-order valence-electron chi connectivity index (χ2n) is 7.58. The molecule has 0 unspecified atom stereocenters. The van der Waals surface area contributed by atoms with Gasteiger partial charge in [0.15, 0.2) is 11.5 Å². The second kappa shape index (κ2) is 10.9. The quantitative estimate of drug-likeness (QED) is 0.398. The van der Waals surface area contributed by atoms with Crippen molar-refractivity contribution in [2.75, 3.05) is 17.7 Å². The van der Waals surface area contributed by atoms with Crippen LogP contribution in [-0.4, -0.2) is 13.0 Å². The fourth-order valence-electron chi connectivity index (χ4n) is 2.88. The standard InChI is InChI=1S/C25H26ClFN2O3/c1-16(2)25(30)29-21-10-8-20(9-11-21)28-14-18-12-23(31-3)24(13-22(18)26)32-15-17-4-6-19(27)7-5-17/h4-13,16,28H,14-15H2,1-3H3,(H,29,30). The summed E-state index contributed by atoms with van der Waals surface area (Å²) in [6.45, 7) is 4.44. The molecule has 7 heteroatoms. The molecule has 0 fully saturated rings. The van der Waals surface area contributed by atoms with Crippen molar-refractivity contribution in [3.05, 3.63) is 82.6 Å². The zero-order chi connectivity index (χ0) is 23.1. The molecule has 3 rings (SSSR count). The van der Waals surface area contributed by atoms with E-state index in [-0.39, 0.29) is 24.2 Å². The van der Waals surface area contributed by atoms with Gasteiger partial charge in [0.05, 0.1) is 7.11 Å². The molecule has 1 amide bonds. The van der Waals surface area contributed by atoms with Gasteiger partial charge in [0.1, 0.15) is 12.4 Å². The monoisotopic (exact) mass is 456 g/mol. The molecule has 0 aliphatic rings. The van der Waals surface area contributed by atoms with E-state index < -0.39 is 0 Å². The van der Waals surface area contributed by atoms with E-state index in [9.17, 15) is 9.18 Å². The summed E-state index contributed by atoms with van der Waals surface area (Å²) in [7, 11) is 1.56. The Morgan fingerprint density at radius 2 is 1.66 bits per heavy atom. The van der Waals surface area contributed by atoms with Gasteiger partial charge in [-0.25, -0.2) is 4.39 Å². The van der Waals surface area contributed by atoms with Crippen LogP contribution in [0.15, 0.2) is 60.7 Å². The van der Waals surface area contributed by atoms with Crippen molar-refractivity contribution in [3.8, 4) is 11.5 Å². The van der Waals surface area contributed by atoms with Crippen molar-refractivity contribution >= 4 is 28.9 Å². The van der Waals surface area contributed by atoms with E-state index in [1.807, 2.05) is 44.2 Å². The molecule has 32 heavy (non-hydrogen) atoms. The maximum atomic E-state index is 13.1. The lowest BCUT2D eigenvalue weighted by atomic mass is 10.1. The van der Waals surface area contributed by atoms with E-state index in [0.29, 0.717) is 23.1 Å². The van der Waals surface area contributed by atoms with Gasteiger partial charge in [-0.05, 0) is 53.6 Å². The van der Waals surface area contributed by atoms with E-state index in [1.54, 1.807) is 25.3 Å². The molecule has 3 aromatic carbocycles. The van der Waals surface area contributed by atoms with Crippen LogP contribution in [0.2, 0.25) is 5.02 Å². The van der Waals surface area contributed by atoms with Crippen molar-refractivity contribution in [1.29, 1.82) is 0 Å². The lowest BCUT2D eigenvalue weighted by Gasteiger charge is -2.15. The molecule has 0 aromatic heterocycles. The molecule has 0 atom stereocenters. The highest BCUT2D eigenvalue weighted by atomic mass is 35.5. The Morgan fingerprint density at radius 1 is 1.00 bits per heavy atom. The van der Waals surface area contributed by atoms with Gasteiger partial charge in [-0.15, -0.1) is 0 Å². The Balaban J connectivity index is 1.63. The Hall–Kier alpha value is -3.25. The highest BCUT2D eigenvalue weighted by molar-refractivity contribution is 6.31. The number of carbonyl (C=O) groups is 1. The van der Waals surface area contributed by atoms with Crippen LogP contribution in [0.1, 0.15) is 25.0 Å². The average Bonchev–Trinajstić information content (AvgIpc) is 2.78. The van der Waals surface area contributed by atoms with Crippen LogP contribution in [0.5, 0.6) is 11.5 Å².